The van der Waals surface area contributed by atoms with E-state index in [1.54, 1.807) is 7.11 Å². The lowest BCUT2D eigenvalue weighted by Crippen LogP contribution is -2.58. The number of methoxy groups -OCH3 is 1. The third-order valence-electron chi connectivity index (χ3n) is 5.46. The van der Waals surface area contributed by atoms with Crippen molar-refractivity contribution in [3.8, 4) is 0 Å². The molecule has 2 unspecified atom stereocenters. The van der Waals surface area contributed by atoms with Crippen LogP contribution in [0.1, 0.15) is 58.8 Å². The Balaban J connectivity index is 1.98. The number of hydrogen-bond acceptors (Lipinski definition) is 5. The first-order chi connectivity index (χ1) is 11.9. The summed E-state index contributed by atoms with van der Waals surface area (Å²) in [6.45, 7) is 4.91. The predicted molar refractivity (Wildman–Crippen MR) is 107 cm³/mol. The molecule has 2 fully saturated rings. The van der Waals surface area contributed by atoms with Crippen LogP contribution < -0.4 is 10.6 Å². The number of nitrogens with one attached hydrogen (secondary N) is 2. The fraction of sp³-hybridized carbons (Fsp3) is 0.944. The van der Waals surface area contributed by atoms with Gasteiger partial charge in [0.05, 0.1) is 12.1 Å². The molecule has 1 aliphatic heterocycles. The molecule has 6 nitrogen and oxygen atoms in total. The van der Waals surface area contributed by atoms with Crippen molar-refractivity contribution in [2.45, 2.75) is 87.4 Å². The first-order valence-corrected chi connectivity index (χ1v) is 10.9. The summed E-state index contributed by atoms with van der Waals surface area (Å²) in [5.74, 6) is 0.314. The van der Waals surface area contributed by atoms with Crippen molar-refractivity contribution in [2.24, 2.45) is 5.92 Å². The molecule has 0 radical (unpaired) electrons. The van der Waals surface area contributed by atoms with Crippen LogP contribution in [0.3, 0.4) is 0 Å². The van der Waals surface area contributed by atoms with Gasteiger partial charge in [0.2, 0.25) is 5.91 Å². The number of nitrogens with zero attached hydrogens (tertiary/aromatic N) is 1. The first kappa shape index (κ1) is 21.3. The maximum Gasteiger partial charge on any atom is 0.237 e. The molecule has 1 heterocycles. The first-order valence-electron chi connectivity index (χ1n) is 9.61. The van der Waals surface area contributed by atoms with Crippen LogP contribution in [-0.2, 0) is 9.53 Å². The van der Waals surface area contributed by atoms with Crippen LogP contribution in [0.15, 0.2) is 0 Å². The van der Waals surface area contributed by atoms with E-state index >= 15 is 0 Å². The third kappa shape index (κ3) is 6.02. The van der Waals surface area contributed by atoms with Gasteiger partial charge in [0.1, 0.15) is 6.23 Å². The minimum absolute atomic E-state index is 0.0868. The Bertz CT molecular complexity index is 418. The van der Waals surface area contributed by atoms with Crippen LogP contribution in [-0.4, -0.2) is 58.2 Å². The van der Waals surface area contributed by atoms with Gasteiger partial charge in [0, 0.05) is 19.7 Å². The summed E-state index contributed by atoms with van der Waals surface area (Å²) >= 11 is 2.16. The predicted octanol–water partition coefficient (Wildman–Crippen LogP) is 2.20. The summed E-state index contributed by atoms with van der Waals surface area (Å²) in [7, 11) is 1.64. The molecular weight excluding hydrogens is 433 g/mol. The summed E-state index contributed by atoms with van der Waals surface area (Å²) in [6, 6.07) is -0.0628. The highest BCUT2D eigenvalue weighted by Gasteiger charge is 2.39. The van der Waals surface area contributed by atoms with E-state index in [2.05, 4.69) is 47.1 Å². The van der Waals surface area contributed by atoms with Gasteiger partial charge in [0.15, 0.2) is 4.23 Å². The van der Waals surface area contributed by atoms with Gasteiger partial charge in [0.25, 0.3) is 0 Å². The van der Waals surface area contributed by atoms with E-state index in [1.807, 2.05) is 4.90 Å². The van der Waals surface area contributed by atoms with Crippen molar-refractivity contribution in [3.05, 3.63) is 0 Å². The Hall–Kier alpha value is 0.0400. The van der Waals surface area contributed by atoms with Gasteiger partial charge in [-0.15, -0.1) is 0 Å². The second kappa shape index (κ2) is 10.4. The van der Waals surface area contributed by atoms with Crippen molar-refractivity contribution in [2.75, 3.05) is 13.7 Å². The number of halogens is 1. The minimum atomic E-state index is -0.697. The highest BCUT2D eigenvalue weighted by molar-refractivity contribution is 14.1. The average Bonchev–Trinajstić information content (AvgIpc) is 3.09. The van der Waals surface area contributed by atoms with Crippen LogP contribution in [0.25, 0.3) is 0 Å². The number of carbonyl (C=O) groups is 1. The standard InChI is InChI=1S/C18H34IN3O3/c1-12(2)15(21-18(19)25-3)17(24)22-11-7-10-14(22)16(23)20-13-8-5-4-6-9-13/h12-15,17-18,21,24H,4-11H2,1-3H3,(H,20,23)/t14-,15-,17?,18?/m0/s1. The number of rotatable bonds is 8. The molecule has 1 saturated carbocycles. The van der Waals surface area contributed by atoms with E-state index in [1.165, 1.54) is 19.3 Å². The van der Waals surface area contributed by atoms with Gasteiger partial charge in [-0.25, -0.2) is 0 Å². The Morgan fingerprint density at radius 3 is 2.48 bits per heavy atom. The lowest BCUT2D eigenvalue weighted by molar-refractivity contribution is -0.132. The summed E-state index contributed by atoms with van der Waals surface area (Å²) in [4.78, 5) is 14.8. The van der Waals surface area contributed by atoms with Gasteiger partial charge in [-0.3, -0.25) is 15.0 Å². The molecule has 3 N–H and O–H groups in total. The Morgan fingerprint density at radius 2 is 1.88 bits per heavy atom. The zero-order chi connectivity index (χ0) is 18.4. The van der Waals surface area contributed by atoms with Crippen LogP contribution in [0.2, 0.25) is 0 Å². The van der Waals surface area contributed by atoms with Crippen molar-refractivity contribution in [1.29, 1.82) is 0 Å². The molecule has 0 spiro atoms. The second-order valence-electron chi connectivity index (χ2n) is 7.64. The van der Waals surface area contributed by atoms with E-state index in [9.17, 15) is 9.90 Å². The molecule has 2 aliphatic rings. The fourth-order valence-corrected chi connectivity index (χ4v) is 4.40. The van der Waals surface area contributed by atoms with Gasteiger partial charge < -0.3 is 15.2 Å². The average molecular weight is 467 g/mol. The van der Waals surface area contributed by atoms with Gasteiger partial charge in [-0.05, 0) is 54.2 Å². The topological polar surface area (TPSA) is 73.8 Å². The molecule has 25 heavy (non-hydrogen) atoms. The van der Waals surface area contributed by atoms with Crippen molar-refractivity contribution < 1.29 is 14.6 Å². The van der Waals surface area contributed by atoms with E-state index in [0.29, 0.717) is 6.04 Å². The third-order valence-corrected chi connectivity index (χ3v) is 6.33. The molecular formula is C18H34IN3O3. The second-order valence-corrected chi connectivity index (χ2v) is 8.77. The summed E-state index contributed by atoms with van der Waals surface area (Å²) in [5.41, 5.74) is 0. The number of ether oxygens (including phenoxy) is 1. The number of hydrogen-bond donors (Lipinski definition) is 3. The molecule has 146 valence electrons. The molecule has 0 aromatic rings. The summed E-state index contributed by atoms with van der Waals surface area (Å²) < 4.78 is 5.12. The Kier molecular flexibility index (Phi) is 8.87. The SMILES string of the molecule is COC(I)N[C@@H](C(C)C)C(O)N1CCC[C@H]1C(=O)NC1CCCCC1. The number of alkyl halides is 1. The molecule has 0 aromatic heterocycles. The zero-order valence-electron chi connectivity index (χ0n) is 15.7. The van der Waals surface area contributed by atoms with Crippen molar-refractivity contribution in [3.63, 3.8) is 0 Å². The molecule has 1 saturated heterocycles. The van der Waals surface area contributed by atoms with Crippen LogP contribution in [0.5, 0.6) is 0 Å². The number of likely N-dealkylation sites (tertiary alicyclic amines) is 1. The molecule has 4 atom stereocenters. The molecule has 0 aromatic carbocycles. The molecule has 1 aliphatic carbocycles. The quantitative estimate of drug-likeness (QED) is 0.221. The Labute approximate surface area is 165 Å². The smallest absolute Gasteiger partial charge is 0.237 e. The van der Waals surface area contributed by atoms with E-state index in [4.69, 9.17) is 4.74 Å². The molecule has 0 bridgehead atoms. The van der Waals surface area contributed by atoms with Gasteiger partial charge in [-0.1, -0.05) is 33.1 Å². The summed E-state index contributed by atoms with van der Waals surface area (Å²) in [6.07, 6.45) is 6.92. The lowest BCUT2D eigenvalue weighted by atomic mass is 9.95. The maximum absolute atomic E-state index is 12.8. The van der Waals surface area contributed by atoms with E-state index in [0.717, 1.165) is 32.2 Å². The number of carbonyl (C=O) groups excluding carboxylic acids is 1. The number of aliphatic hydroxyl groups excluding tert-OH is 1. The lowest BCUT2D eigenvalue weighted by Gasteiger charge is -2.37. The Morgan fingerprint density at radius 1 is 1.20 bits per heavy atom. The number of amides is 1. The van der Waals surface area contributed by atoms with Crippen molar-refractivity contribution >= 4 is 28.5 Å². The monoisotopic (exact) mass is 467 g/mol. The van der Waals surface area contributed by atoms with Gasteiger partial charge in [-0.2, -0.15) is 0 Å². The van der Waals surface area contributed by atoms with Gasteiger partial charge >= 0.3 is 0 Å². The number of aliphatic hydroxyl groups is 1. The largest absolute Gasteiger partial charge is 0.377 e. The highest BCUT2D eigenvalue weighted by atomic mass is 127. The van der Waals surface area contributed by atoms with E-state index in [-0.39, 0.29) is 28.1 Å². The molecule has 2 rings (SSSR count). The highest BCUT2D eigenvalue weighted by Crippen LogP contribution is 2.25. The zero-order valence-corrected chi connectivity index (χ0v) is 17.9. The molecule has 7 heteroatoms. The van der Waals surface area contributed by atoms with Crippen LogP contribution in [0, 0.1) is 5.92 Å². The summed E-state index contributed by atoms with van der Waals surface area (Å²) in [5, 5.41) is 17.5. The minimum Gasteiger partial charge on any atom is -0.377 e. The molecule has 1 amide bonds. The fourth-order valence-electron chi connectivity index (χ4n) is 3.98. The normalized spacial score (nSPS) is 26.6. The van der Waals surface area contributed by atoms with E-state index < -0.39 is 6.23 Å². The van der Waals surface area contributed by atoms with Crippen molar-refractivity contribution in [1.82, 2.24) is 15.5 Å². The van der Waals surface area contributed by atoms with Crippen LogP contribution in [0.4, 0.5) is 0 Å². The van der Waals surface area contributed by atoms with Crippen LogP contribution >= 0.6 is 22.6 Å². The maximum atomic E-state index is 12.8.